The zero-order valence-electron chi connectivity index (χ0n) is 43.7. The highest BCUT2D eigenvalue weighted by atomic mass is 16.5. The van der Waals surface area contributed by atoms with Gasteiger partial charge in [0.2, 0.25) is 5.91 Å². The number of allylic oxidation sites excluding steroid dienone is 4. The van der Waals surface area contributed by atoms with E-state index in [-0.39, 0.29) is 18.5 Å². The van der Waals surface area contributed by atoms with Gasteiger partial charge in [0.15, 0.2) is 0 Å². The fraction of sp³-hybridized carbons (Fsp3) is 0.898. The van der Waals surface area contributed by atoms with Crippen LogP contribution in [0, 0.1) is 0 Å². The van der Waals surface area contributed by atoms with Crippen LogP contribution in [0.5, 0.6) is 0 Å². The minimum absolute atomic E-state index is 0.00472. The summed E-state index contributed by atoms with van der Waals surface area (Å²) in [4.78, 5) is 24.5. The van der Waals surface area contributed by atoms with Gasteiger partial charge in [-0.25, -0.2) is 0 Å². The number of aliphatic hydroxyl groups excluding tert-OH is 2. The van der Waals surface area contributed by atoms with Crippen molar-refractivity contribution in [2.24, 2.45) is 0 Å². The van der Waals surface area contributed by atoms with Crippen LogP contribution in [-0.2, 0) is 14.3 Å². The molecule has 0 aromatic carbocycles. The second-order valence-electron chi connectivity index (χ2n) is 20.0. The monoisotopic (exact) mass is 916 g/mol. The molecule has 0 saturated heterocycles. The molecular formula is C59H113NO5. The van der Waals surface area contributed by atoms with Crippen LogP contribution >= 0.6 is 0 Å². The van der Waals surface area contributed by atoms with Crippen molar-refractivity contribution >= 4 is 11.9 Å². The number of rotatable bonds is 54. The van der Waals surface area contributed by atoms with E-state index in [1.54, 1.807) is 0 Å². The van der Waals surface area contributed by atoms with Crippen LogP contribution in [0.3, 0.4) is 0 Å². The average Bonchev–Trinajstić information content (AvgIpc) is 3.31. The first-order chi connectivity index (χ1) is 32.0. The summed E-state index contributed by atoms with van der Waals surface area (Å²) in [5.41, 5.74) is 0. The van der Waals surface area contributed by atoms with Crippen LogP contribution in [0.2, 0.25) is 0 Å². The molecule has 0 aromatic rings. The molecule has 2 atom stereocenters. The molecule has 3 N–H and O–H groups in total. The first-order valence-corrected chi connectivity index (χ1v) is 29.1. The number of unbranched alkanes of at least 4 members (excludes halogenated alkanes) is 39. The predicted molar refractivity (Wildman–Crippen MR) is 283 cm³/mol. The molecule has 6 heteroatoms. The standard InChI is InChI=1S/C59H113NO5/c1-3-5-7-9-11-13-15-17-24-29-33-37-41-45-49-53-59(64)65-54-50-46-42-38-34-30-26-23-21-19-20-22-25-28-32-36-40-44-48-52-58(63)60-56(55-61)57(62)51-47-43-39-35-31-27-18-16-14-12-10-8-6-4-2/h11,13,17,24,56-57,61-62H,3-10,12,14-16,18-23,25-55H2,1-2H3,(H,60,63)/b13-11-,24-17-. The van der Waals surface area contributed by atoms with Crippen molar-refractivity contribution < 1.29 is 24.5 Å². The molecule has 0 radical (unpaired) electrons. The lowest BCUT2D eigenvalue weighted by molar-refractivity contribution is -0.143. The molecule has 0 aliphatic carbocycles. The first-order valence-electron chi connectivity index (χ1n) is 29.1. The normalized spacial score (nSPS) is 12.7. The zero-order chi connectivity index (χ0) is 47.2. The third-order valence-electron chi connectivity index (χ3n) is 13.5. The number of nitrogens with one attached hydrogen (secondary N) is 1. The van der Waals surface area contributed by atoms with Crippen molar-refractivity contribution in [2.45, 2.75) is 328 Å². The molecular weight excluding hydrogens is 803 g/mol. The van der Waals surface area contributed by atoms with E-state index in [4.69, 9.17) is 4.74 Å². The van der Waals surface area contributed by atoms with Gasteiger partial charge in [-0.05, 0) is 57.8 Å². The summed E-state index contributed by atoms with van der Waals surface area (Å²) in [7, 11) is 0. The second-order valence-corrected chi connectivity index (χ2v) is 20.0. The van der Waals surface area contributed by atoms with Crippen LogP contribution in [0.1, 0.15) is 316 Å². The van der Waals surface area contributed by atoms with E-state index in [0.717, 1.165) is 51.4 Å². The third-order valence-corrected chi connectivity index (χ3v) is 13.5. The van der Waals surface area contributed by atoms with Crippen molar-refractivity contribution in [1.82, 2.24) is 5.32 Å². The summed E-state index contributed by atoms with van der Waals surface area (Å²) in [6.07, 6.45) is 65.9. The van der Waals surface area contributed by atoms with Gasteiger partial charge in [0.05, 0.1) is 25.4 Å². The van der Waals surface area contributed by atoms with Crippen molar-refractivity contribution in [3.8, 4) is 0 Å². The Morgan fingerprint density at radius 1 is 0.431 bits per heavy atom. The fourth-order valence-electron chi connectivity index (χ4n) is 9.02. The molecule has 0 aromatic heterocycles. The molecule has 1 amide bonds. The molecule has 6 nitrogen and oxygen atoms in total. The Labute approximate surface area is 405 Å². The number of aliphatic hydroxyl groups is 2. The minimum Gasteiger partial charge on any atom is -0.466 e. The second kappa shape index (κ2) is 54.9. The van der Waals surface area contributed by atoms with Gasteiger partial charge in [-0.2, -0.15) is 0 Å². The van der Waals surface area contributed by atoms with E-state index in [1.807, 2.05) is 0 Å². The molecule has 65 heavy (non-hydrogen) atoms. The molecule has 0 saturated carbocycles. The Morgan fingerprint density at radius 3 is 1.20 bits per heavy atom. The molecule has 0 heterocycles. The van der Waals surface area contributed by atoms with Gasteiger partial charge >= 0.3 is 5.97 Å². The van der Waals surface area contributed by atoms with E-state index in [0.29, 0.717) is 25.9 Å². The summed E-state index contributed by atoms with van der Waals surface area (Å²) in [5, 5.41) is 23.3. The lowest BCUT2D eigenvalue weighted by Gasteiger charge is -2.22. The number of hydrogen-bond acceptors (Lipinski definition) is 5. The maximum absolute atomic E-state index is 12.5. The Hall–Kier alpha value is -1.66. The molecule has 0 rings (SSSR count). The third kappa shape index (κ3) is 51.6. The minimum atomic E-state index is -0.666. The lowest BCUT2D eigenvalue weighted by Crippen LogP contribution is -2.45. The Kier molecular flexibility index (Phi) is 53.5. The predicted octanol–water partition coefficient (Wildman–Crippen LogP) is 17.9. The first kappa shape index (κ1) is 63.3. The average molecular weight is 917 g/mol. The van der Waals surface area contributed by atoms with Crippen molar-refractivity contribution in [1.29, 1.82) is 0 Å². The molecule has 0 bridgehead atoms. The molecule has 0 aliphatic heterocycles. The summed E-state index contributed by atoms with van der Waals surface area (Å²) >= 11 is 0. The number of ether oxygens (including phenoxy) is 1. The number of esters is 1. The smallest absolute Gasteiger partial charge is 0.305 e. The van der Waals surface area contributed by atoms with Gasteiger partial charge in [0, 0.05) is 12.8 Å². The zero-order valence-corrected chi connectivity index (χ0v) is 43.7. The van der Waals surface area contributed by atoms with Crippen LogP contribution in [0.4, 0.5) is 0 Å². The van der Waals surface area contributed by atoms with E-state index in [2.05, 4.69) is 43.5 Å². The SMILES string of the molecule is CCCCC/C=C\C/C=C\CCCCCCCC(=O)OCCCCCCCCCCCCCCCCCCCCCC(=O)NC(CO)C(O)CCCCCCCCCCCCCCCC. The summed E-state index contributed by atoms with van der Waals surface area (Å²) in [5.74, 6) is -0.0418. The summed E-state index contributed by atoms with van der Waals surface area (Å²) in [6.45, 7) is 4.92. The van der Waals surface area contributed by atoms with E-state index in [1.165, 1.54) is 231 Å². The van der Waals surface area contributed by atoms with E-state index >= 15 is 0 Å². The Morgan fingerprint density at radius 2 is 0.769 bits per heavy atom. The highest BCUT2D eigenvalue weighted by Gasteiger charge is 2.20. The van der Waals surface area contributed by atoms with Gasteiger partial charge in [-0.3, -0.25) is 9.59 Å². The van der Waals surface area contributed by atoms with Crippen LogP contribution in [-0.4, -0.2) is 47.4 Å². The topological polar surface area (TPSA) is 95.9 Å². The maximum atomic E-state index is 12.5. The number of amides is 1. The Balaban J connectivity index is 3.40. The number of hydrogen-bond donors (Lipinski definition) is 3. The Bertz CT molecular complexity index is 1010. The van der Waals surface area contributed by atoms with Gasteiger partial charge < -0.3 is 20.3 Å². The molecule has 2 unspecified atom stereocenters. The van der Waals surface area contributed by atoms with E-state index < -0.39 is 12.1 Å². The largest absolute Gasteiger partial charge is 0.466 e. The van der Waals surface area contributed by atoms with Crippen molar-refractivity contribution in [3.63, 3.8) is 0 Å². The summed E-state index contributed by atoms with van der Waals surface area (Å²) < 4.78 is 5.47. The molecule has 384 valence electrons. The highest BCUT2D eigenvalue weighted by Crippen LogP contribution is 2.17. The van der Waals surface area contributed by atoms with Gasteiger partial charge in [-0.1, -0.05) is 269 Å². The van der Waals surface area contributed by atoms with Crippen molar-refractivity contribution in [3.05, 3.63) is 24.3 Å². The van der Waals surface area contributed by atoms with E-state index in [9.17, 15) is 19.8 Å². The maximum Gasteiger partial charge on any atom is 0.305 e. The van der Waals surface area contributed by atoms with Crippen LogP contribution in [0.15, 0.2) is 24.3 Å². The van der Waals surface area contributed by atoms with Gasteiger partial charge in [0.25, 0.3) is 0 Å². The number of carbonyl (C=O) groups excluding carboxylic acids is 2. The lowest BCUT2D eigenvalue weighted by atomic mass is 10.0. The van der Waals surface area contributed by atoms with Crippen LogP contribution < -0.4 is 5.32 Å². The highest BCUT2D eigenvalue weighted by molar-refractivity contribution is 5.76. The molecule has 0 aliphatic rings. The van der Waals surface area contributed by atoms with Gasteiger partial charge in [-0.15, -0.1) is 0 Å². The van der Waals surface area contributed by atoms with Gasteiger partial charge in [0.1, 0.15) is 0 Å². The summed E-state index contributed by atoms with van der Waals surface area (Å²) in [6, 6.07) is -0.543. The molecule has 0 spiro atoms. The fourth-order valence-corrected chi connectivity index (χ4v) is 9.02. The van der Waals surface area contributed by atoms with Crippen LogP contribution in [0.25, 0.3) is 0 Å². The van der Waals surface area contributed by atoms with Crippen molar-refractivity contribution in [2.75, 3.05) is 13.2 Å². The molecule has 0 fully saturated rings. The quantitative estimate of drug-likeness (QED) is 0.0321. The number of carbonyl (C=O) groups is 2.